The molecule has 8 nitrogen and oxygen atoms in total. The van der Waals surface area contributed by atoms with Crippen LogP contribution in [-0.2, 0) is 19.1 Å². The zero-order chi connectivity index (χ0) is 18.8. The molecule has 0 unspecified atom stereocenters. The van der Waals surface area contributed by atoms with Crippen LogP contribution in [-0.4, -0.2) is 64.7 Å². The van der Waals surface area contributed by atoms with Crippen LogP contribution in [0, 0.1) is 0 Å². The molecule has 12 heteroatoms. The summed E-state index contributed by atoms with van der Waals surface area (Å²) in [5.41, 5.74) is 0. The third kappa shape index (κ3) is 4.77. The van der Waals surface area contributed by atoms with Crippen molar-refractivity contribution in [2.45, 2.75) is 36.9 Å². The van der Waals surface area contributed by atoms with E-state index in [9.17, 15) is 32.3 Å². The fraction of sp³-hybridized carbons (Fsp3) is 0.692. The Balaban J connectivity index is 1.77. The van der Waals surface area contributed by atoms with E-state index < -0.39 is 48.1 Å². The largest absolute Gasteiger partial charge is 0.454 e. The number of carbonyl (C=O) groups excluding carboxylic acids is 4. The SMILES string of the molecule is C[C@@]12CCC(=O)N1[C@@H](C(=O)OCC(=O)NC(=O)NCC(F)(F)F)CS2. The van der Waals surface area contributed by atoms with E-state index in [0.29, 0.717) is 18.6 Å². The van der Waals surface area contributed by atoms with Gasteiger partial charge in [-0.15, -0.1) is 11.8 Å². The molecule has 0 aliphatic carbocycles. The molecule has 2 aliphatic heterocycles. The molecule has 0 aromatic rings. The molecule has 4 amide bonds. The lowest BCUT2D eigenvalue weighted by Crippen LogP contribution is -2.48. The van der Waals surface area contributed by atoms with E-state index in [4.69, 9.17) is 4.74 Å². The number of urea groups is 1. The molecule has 0 aromatic carbocycles. The average molecular weight is 383 g/mol. The highest BCUT2D eigenvalue weighted by Crippen LogP contribution is 2.47. The summed E-state index contributed by atoms with van der Waals surface area (Å²) in [4.78, 5) is 47.5. The minimum absolute atomic E-state index is 0.176. The quantitative estimate of drug-likeness (QED) is 0.680. The molecule has 140 valence electrons. The van der Waals surface area contributed by atoms with Crippen molar-refractivity contribution in [1.82, 2.24) is 15.5 Å². The van der Waals surface area contributed by atoms with Crippen LogP contribution in [0.25, 0.3) is 0 Å². The summed E-state index contributed by atoms with van der Waals surface area (Å²) in [6.07, 6.45) is -3.67. The van der Waals surface area contributed by atoms with Crippen LogP contribution in [0.4, 0.5) is 18.0 Å². The molecule has 0 spiro atoms. The van der Waals surface area contributed by atoms with Gasteiger partial charge >= 0.3 is 18.2 Å². The number of nitrogens with one attached hydrogen (secondary N) is 2. The van der Waals surface area contributed by atoms with Crippen molar-refractivity contribution in [2.75, 3.05) is 18.9 Å². The predicted molar refractivity (Wildman–Crippen MR) is 79.3 cm³/mol. The Kier molecular flexibility index (Phi) is 5.49. The van der Waals surface area contributed by atoms with Crippen LogP contribution in [0.1, 0.15) is 19.8 Å². The number of thioether (sulfide) groups is 1. The molecule has 0 saturated carbocycles. The van der Waals surface area contributed by atoms with E-state index in [1.807, 2.05) is 6.92 Å². The van der Waals surface area contributed by atoms with E-state index in [-0.39, 0.29) is 5.91 Å². The molecule has 2 heterocycles. The van der Waals surface area contributed by atoms with Crippen LogP contribution in [0.3, 0.4) is 0 Å². The lowest BCUT2D eigenvalue weighted by atomic mass is 10.2. The van der Waals surface area contributed by atoms with Crippen molar-refractivity contribution in [3.8, 4) is 0 Å². The number of hydrogen-bond acceptors (Lipinski definition) is 6. The summed E-state index contributed by atoms with van der Waals surface area (Å²) in [6.45, 7) is -0.591. The van der Waals surface area contributed by atoms with Gasteiger partial charge in [-0.2, -0.15) is 13.2 Å². The Hall–Kier alpha value is -1.98. The first kappa shape index (κ1) is 19.3. The number of imide groups is 1. The van der Waals surface area contributed by atoms with Crippen LogP contribution in [0.2, 0.25) is 0 Å². The van der Waals surface area contributed by atoms with Gasteiger partial charge < -0.3 is 15.0 Å². The molecule has 2 fully saturated rings. The van der Waals surface area contributed by atoms with Gasteiger partial charge in [0.15, 0.2) is 6.61 Å². The van der Waals surface area contributed by atoms with Gasteiger partial charge in [-0.05, 0) is 13.3 Å². The number of hydrogen-bond donors (Lipinski definition) is 2. The highest BCUT2D eigenvalue weighted by Gasteiger charge is 2.53. The summed E-state index contributed by atoms with van der Waals surface area (Å²) < 4.78 is 40.5. The average Bonchev–Trinajstić information content (AvgIpc) is 2.99. The maximum absolute atomic E-state index is 12.1. The number of fused-ring (bicyclic) bond motifs is 1. The van der Waals surface area contributed by atoms with Crippen LogP contribution < -0.4 is 10.6 Å². The minimum Gasteiger partial charge on any atom is -0.454 e. The molecule has 2 saturated heterocycles. The number of rotatable bonds is 4. The lowest BCUT2D eigenvalue weighted by molar-refractivity contribution is -0.156. The van der Waals surface area contributed by atoms with Gasteiger partial charge in [0.05, 0.1) is 4.87 Å². The van der Waals surface area contributed by atoms with E-state index in [2.05, 4.69) is 0 Å². The summed E-state index contributed by atoms with van der Waals surface area (Å²) in [5, 5.41) is 3.05. The second-order valence-corrected chi connectivity index (χ2v) is 7.22. The Morgan fingerprint density at radius 2 is 2.08 bits per heavy atom. The Labute approximate surface area is 144 Å². The second-order valence-electron chi connectivity index (χ2n) is 5.72. The first-order valence-electron chi connectivity index (χ1n) is 7.29. The molecular formula is C13H16F3N3O5S. The molecule has 0 aromatic heterocycles. The fourth-order valence-corrected chi connectivity index (χ4v) is 4.03. The maximum atomic E-state index is 12.1. The van der Waals surface area contributed by atoms with Gasteiger partial charge in [0, 0.05) is 12.2 Å². The molecule has 2 rings (SSSR count). The number of alkyl halides is 3. The summed E-state index contributed by atoms with van der Waals surface area (Å²) >= 11 is 1.44. The van der Waals surface area contributed by atoms with Gasteiger partial charge in [-0.1, -0.05) is 0 Å². The molecule has 25 heavy (non-hydrogen) atoms. The zero-order valence-corrected chi connectivity index (χ0v) is 14.0. The van der Waals surface area contributed by atoms with Crippen molar-refractivity contribution in [3.63, 3.8) is 0 Å². The predicted octanol–water partition coefficient (Wildman–Crippen LogP) is 0.372. The Morgan fingerprint density at radius 3 is 2.72 bits per heavy atom. The fourth-order valence-electron chi connectivity index (χ4n) is 2.62. The van der Waals surface area contributed by atoms with Crippen LogP contribution in [0.15, 0.2) is 0 Å². The first-order valence-corrected chi connectivity index (χ1v) is 8.27. The Bertz CT molecular complexity index is 600. The highest BCUT2D eigenvalue weighted by atomic mass is 32.2. The second kappa shape index (κ2) is 7.10. The molecule has 2 aliphatic rings. The van der Waals surface area contributed by atoms with Crippen molar-refractivity contribution in [3.05, 3.63) is 0 Å². The summed E-state index contributed by atoms with van der Waals surface area (Å²) in [7, 11) is 0. The van der Waals surface area contributed by atoms with Crippen molar-refractivity contribution >= 4 is 35.6 Å². The van der Waals surface area contributed by atoms with Crippen LogP contribution in [0.5, 0.6) is 0 Å². The minimum atomic E-state index is -4.61. The topological polar surface area (TPSA) is 105 Å². The molecule has 2 N–H and O–H groups in total. The van der Waals surface area contributed by atoms with Gasteiger partial charge in [-0.3, -0.25) is 14.9 Å². The third-order valence-electron chi connectivity index (χ3n) is 3.76. The van der Waals surface area contributed by atoms with Crippen molar-refractivity contribution in [1.29, 1.82) is 0 Å². The normalized spacial score (nSPS) is 25.5. The molecule has 2 atom stereocenters. The van der Waals surface area contributed by atoms with E-state index in [1.54, 1.807) is 5.32 Å². The number of amides is 4. The van der Waals surface area contributed by atoms with E-state index in [1.165, 1.54) is 22.0 Å². The van der Waals surface area contributed by atoms with E-state index >= 15 is 0 Å². The standard InChI is InChI=1S/C13H16F3N3O5S/c1-12-3-2-9(21)19(12)7(5-25-12)10(22)24-4-8(20)18-11(23)17-6-13(14,15)16/h7H,2-6H2,1H3,(H2,17,18,20,23)/t7-,12-/m1/s1. The summed E-state index contributed by atoms with van der Waals surface area (Å²) in [6, 6.07) is -2.17. The smallest absolute Gasteiger partial charge is 0.405 e. The molecule has 0 radical (unpaired) electrons. The first-order chi connectivity index (χ1) is 11.5. The number of halogens is 3. The number of esters is 1. The molecular weight excluding hydrogens is 367 g/mol. The lowest BCUT2D eigenvalue weighted by Gasteiger charge is -2.29. The van der Waals surface area contributed by atoms with Gasteiger partial charge in [-0.25, -0.2) is 9.59 Å². The highest BCUT2D eigenvalue weighted by molar-refractivity contribution is 8.01. The third-order valence-corrected chi connectivity index (χ3v) is 5.27. The zero-order valence-electron chi connectivity index (χ0n) is 13.1. The number of carbonyl (C=O) groups is 4. The number of nitrogens with zero attached hydrogens (tertiary/aromatic N) is 1. The maximum Gasteiger partial charge on any atom is 0.405 e. The van der Waals surface area contributed by atoms with Gasteiger partial charge in [0.25, 0.3) is 5.91 Å². The molecule has 0 bridgehead atoms. The van der Waals surface area contributed by atoms with Crippen molar-refractivity contribution in [2.24, 2.45) is 0 Å². The van der Waals surface area contributed by atoms with E-state index in [0.717, 1.165) is 0 Å². The summed E-state index contributed by atoms with van der Waals surface area (Å²) in [5.74, 6) is -1.72. The Morgan fingerprint density at radius 1 is 1.40 bits per heavy atom. The van der Waals surface area contributed by atoms with Crippen molar-refractivity contribution < 1.29 is 37.1 Å². The van der Waals surface area contributed by atoms with Crippen LogP contribution >= 0.6 is 11.8 Å². The number of ether oxygens (including phenoxy) is 1. The van der Waals surface area contributed by atoms with Gasteiger partial charge in [0.1, 0.15) is 12.6 Å². The van der Waals surface area contributed by atoms with Gasteiger partial charge in [0.2, 0.25) is 5.91 Å². The monoisotopic (exact) mass is 383 g/mol.